The maximum atomic E-state index is 12.1. The van der Waals surface area contributed by atoms with Gasteiger partial charge in [-0.25, -0.2) is 8.42 Å². The van der Waals surface area contributed by atoms with E-state index < -0.39 is 15.8 Å². The van der Waals surface area contributed by atoms with Gasteiger partial charge in [-0.3, -0.25) is 4.79 Å². The quantitative estimate of drug-likeness (QED) is 0.643. The van der Waals surface area contributed by atoms with Gasteiger partial charge in [0.15, 0.2) is 9.84 Å². The Hall–Kier alpha value is -2.40. The van der Waals surface area contributed by atoms with Crippen LogP contribution in [0.2, 0.25) is 0 Å². The molecule has 0 atom stereocenters. The van der Waals surface area contributed by atoms with Crippen molar-refractivity contribution in [2.45, 2.75) is 11.8 Å². The second-order valence-electron chi connectivity index (χ2n) is 4.32. The van der Waals surface area contributed by atoms with Crippen molar-refractivity contribution < 1.29 is 17.9 Å². The number of rotatable bonds is 4. The second-order valence-corrected chi connectivity index (χ2v) is 6.16. The Morgan fingerprint density at radius 2 is 1.62 bits per heavy atom. The second kappa shape index (κ2) is 6.37. The van der Waals surface area contributed by atoms with Crippen LogP contribution < -0.4 is 4.74 Å². The summed E-state index contributed by atoms with van der Waals surface area (Å²) in [5.41, 5.74) is 0.699. The van der Waals surface area contributed by atoms with E-state index in [1.165, 1.54) is 13.0 Å². The van der Waals surface area contributed by atoms with E-state index in [-0.39, 0.29) is 4.90 Å². The van der Waals surface area contributed by atoms with Crippen LogP contribution >= 0.6 is 0 Å². The standard InChI is InChI=1S/C16H14O4S/c1-13(17)20-15-9-7-14(8-10-15)11-12-21(18,19)16-5-3-2-4-6-16/h2-12H,1H3/b12-11+. The van der Waals surface area contributed by atoms with E-state index >= 15 is 0 Å². The molecule has 0 heterocycles. The van der Waals surface area contributed by atoms with Crippen LogP contribution in [0.1, 0.15) is 12.5 Å². The van der Waals surface area contributed by atoms with Crippen LogP contribution in [0.5, 0.6) is 5.75 Å². The van der Waals surface area contributed by atoms with Gasteiger partial charge in [-0.05, 0) is 35.9 Å². The van der Waals surface area contributed by atoms with Crippen molar-refractivity contribution in [1.82, 2.24) is 0 Å². The third-order valence-corrected chi connectivity index (χ3v) is 4.08. The van der Waals surface area contributed by atoms with Crippen molar-refractivity contribution in [2.24, 2.45) is 0 Å². The summed E-state index contributed by atoms with van der Waals surface area (Å²) >= 11 is 0. The zero-order valence-electron chi connectivity index (χ0n) is 11.4. The minimum atomic E-state index is -3.45. The van der Waals surface area contributed by atoms with E-state index in [4.69, 9.17) is 4.74 Å². The molecule has 2 aromatic rings. The molecule has 0 amide bonds. The maximum absolute atomic E-state index is 12.1. The third kappa shape index (κ3) is 4.29. The van der Waals surface area contributed by atoms with Crippen LogP contribution in [-0.2, 0) is 14.6 Å². The summed E-state index contributed by atoms with van der Waals surface area (Å²) in [6.45, 7) is 1.32. The van der Waals surface area contributed by atoms with Crippen molar-refractivity contribution in [2.75, 3.05) is 0 Å². The first-order valence-electron chi connectivity index (χ1n) is 6.24. The first-order chi connectivity index (χ1) is 9.97. The zero-order valence-corrected chi connectivity index (χ0v) is 12.2. The SMILES string of the molecule is CC(=O)Oc1ccc(/C=C/S(=O)(=O)c2ccccc2)cc1. The molecular formula is C16H14O4S. The molecule has 21 heavy (non-hydrogen) atoms. The van der Waals surface area contributed by atoms with Gasteiger partial charge in [-0.2, -0.15) is 0 Å². The normalized spacial score (nSPS) is 11.5. The van der Waals surface area contributed by atoms with Gasteiger partial charge in [-0.1, -0.05) is 30.3 Å². The molecule has 4 nitrogen and oxygen atoms in total. The molecule has 0 N–H and O–H groups in total. The van der Waals surface area contributed by atoms with Gasteiger partial charge in [0.1, 0.15) is 5.75 Å². The van der Waals surface area contributed by atoms with E-state index in [0.29, 0.717) is 11.3 Å². The molecule has 2 rings (SSSR count). The van der Waals surface area contributed by atoms with Gasteiger partial charge >= 0.3 is 5.97 Å². The fraction of sp³-hybridized carbons (Fsp3) is 0.0625. The number of hydrogen-bond donors (Lipinski definition) is 0. The van der Waals surface area contributed by atoms with E-state index in [1.807, 2.05) is 0 Å². The fourth-order valence-corrected chi connectivity index (χ4v) is 2.70. The molecule has 0 bridgehead atoms. The number of benzene rings is 2. The fourth-order valence-electron chi connectivity index (χ4n) is 1.67. The van der Waals surface area contributed by atoms with Crippen LogP contribution in [0.25, 0.3) is 6.08 Å². The van der Waals surface area contributed by atoms with E-state index in [2.05, 4.69) is 0 Å². The first kappa shape index (κ1) is 15.0. The number of ether oxygens (including phenoxy) is 1. The highest BCUT2D eigenvalue weighted by molar-refractivity contribution is 7.94. The van der Waals surface area contributed by atoms with E-state index in [1.54, 1.807) is 54.6 Å². The Balaban J connectivity index is 2.16. The van der Waals surface area contributed by atoms with Crippen LogP contribution in [0, 0.1) is 0 Å². The van der Waals surface area contributed by atoms with E-state index in [9.17, 15) is 13.2 Å². The lowest BCUT2D eigenvalue weighted by Gasteiger charge is -2.01. The molecule has 2 aromatic carbocycles. The summed E-state index contributed by atoms with van der Waals surface area (Å²) in [5.74, 6) is 0.0236. The Labute approximate surface area is 123 Å². The summed E-state index contributed by atoms with van der Waals surface area (Å²) in [5, 5.41) is 1.16. The molecule has 108 valence electrons. The van der Waals surface area contributed by atoms with Gasteiger partial charge < -0.3 is 4.74 Å². The molecule has 0 aromatic heterocycles. The lowest BCUT2D eigenvalue weighted by atomic mass is 10.2. The average molecular weight is 302 g/mol. The average Bonchev–Trinajstić information content (AvgIpc) is 2.47. The Bertz CT molecular complexity index is 745. The summed E-state index contributed by atoms with van der Waals surface area (Å²) in [6, 6.07) is 14.8. The van der Waals surface area contributed by atoms with Crippen molar-refractivity contribution in [1.29, 1.82) is 0 Å². The number of sulfone groups is 1. The molecule has 5 heteroatoms. The molecule has 0 aliphatic rings. The lowest BCUT2D eigenvalue weighted by Crippen LogP contribution is -2.00. The Kier molecular flexibility index (Phi) is 4.55. The first-order valence-corrected chi connectivity index (χ1v) is 7.79. The van der Waals surface area contributed by atoms with Crippen molar-refractivity contribution >= 4 is 21.9 Å². The van der Waals surface area contributed by atoms with Crippen LogP contribution in [-0.4, -0.2) is 14.4 Å². The number of esters is 1. The van der Waals surface area contributed by atoms with Gasteiger partial charge in [-0.15, -0.1) is 0 Å². The van der Waals surface area contributed by atoms with Crippen molar-refractivity contribution in [3.05, 3.63) is 65.6 Å². The summed E-state index contributed by atoms with van der Waals surface area (Å²) in [6.07, 6.45) is 1.50. The number of carbonyl (C=O) groups is 1. The Morgan fingerprint density at radius 3 is 2.19 bits per heavy atom. The van der Waals surface area contributed by atoms with Gasteiger partial charge in [0, 0.05) is 12.3 Å². The lowest BCUT2D eigenvalue weighted by molar-refractivity contribution is -0.131. The van der Waals surface area contributed by atoms with Gasteiger partial charge in [0.05, 0.1) is 4.90 Å². The molecule has 0 fully saturated rings. The summed E-state index contributed by atoms with van der Waals surface area (Å²) in [7, 11) is -3.45. The molecule has 0 aliphatic carbocycles. The minimum absolute atomic E-state index is 0.248. The molecule has 0 aliphatic heterocycles. The van der Waals surface area contributed by atoms with Gasteiger partial charge in [0.2, 0.25) is 0 Å². The molecule has 0 unspecified atom stereocenters. The monoisotopic (exact) mass is 302 g/mol. The van der Waals surface area contributed by atoms with Gasteiger partial charge in [0.25, 0.3) is 0 Å². The molecule has 0 spiro atoms. The van der Waals surface area contributed by atoms with E-state index in [0.717, 1.165) is 5.41 Å². The smallest absolute Gasteiger partial charge is 0.308 e. The largest absolute Gasteiger partial charge is 0.427 e. The maximum Gasteiger partial charge on any atom is 0.308 e. The highest BCUT2D eigenvalue weighted by Crippen LogP contribution is 2.16. The van der Waals surface area contributed by atoms with Crippen LogP contribution in [0.3, 0.4) is 0 Å². The predicted octanol–water partition coefficient (Wildman–Crippen LogP) is 3.06. The molecule has 0 saturated heterocycles. The highest BCUT2D eigenvalue weighted by Gasteiger charge is 2.08. The van der Waals surface area contributed by atoms with Crippen molar-refractivity contribution in [3.8, 4) is 5.75 Å². The van der Waals surface area contributed by atoms with Crippen LogP contribution in [0.15, 0.2) is 64.9 Å². The molecule has 0 radical (unpaired) electrons. The topological polar surface area (TPSA) is 60.4 Å². The molecule has 0 saturated carbocycles. The number of carbonyl (C=O) groups excluding carboxylic acids is 1. The minimum Gasteiger partial charge on any atom is -0.427 e. The zero-order chi connectivity index (χ0) is 15.3. The summed E-state index contributed by atoms with van der Waals surface area (Å²) < 4.78 is 29.0. The molecular weight excluding hydrogens is 288 g/mol. The predicted molar refractivity (Wildman–Crippen MR) is 80.4 cm³/mol. The Morgan fingerprint density at radius 1 is 1.00 bits per heavy atom. The van der Waals surface area contributed by atoms with Crippen molar-refractivity contribution in [3.63, 3.8) is 0 Å². The summed E-state index contributed by atoms with van der Waals surface area (Å²) in [4.78, 5) is 11.0. The highest BCUT2D eigenvalue weighted by atomic mass is 32.2. The van der Waals surface area contributed by atoms with Crippen LogP contribution in [0.4, 0.5) is 0 Å². The number of hydrogen-bond acceptors (Lipinski definition) is 4. The third-order valence-electron chi connectivity index (χ3n) is 2.65.